The van der Waals surface area contributed by atoms with E-state index in [1.165, 1.54) is 7.11 Å². The van der Waals surface area contributed by atoms with E-state index in [-0.39, 0.29) is 18.1 Å². The third-order valence-electron chi connectivity index (χ3n) is 1.92. The Morgan fingerprint density at radius 1 is 1.55 bits per heavy atom. The van der Waals surface area contributed by atoms with Crippen LogP contribution in [0.15, 0.2) is 0 Å². The molecule has 2 atom stereocenters. The third kappa shape index (κ3) is 1.70. The number of ether oxygens (including phenoxy) is 2. The molecule has 0 aliphatic carbocycles. The molecule has 0 bridgehead atoms. The van der Waals surface area contributed by atoms with Crippen LogP contribution in [0.1, 0.15) is 6.42 Å². The fourth-order valence-corrected chi connectivity index (χ4v) is 1.30. The van der Waals surface area contributed by atoms with Crippen molar-refractivity contribution in [1.29, 1.82) is 0 Å². The Morgan fingerprint density at radius 3 is 2.82 bits per heavy atom. The van der Waals surface area contributed by atoms with Crippen molar-refractivity contribution >= 4 is 5.97 Å². The average molecular weight is 159 g/mol. The topological polar surface area (TPSA) is 47.6 Å². The Hall–Kier alpha value is -0.610. The van der Waals surface area contributed by atoms with Gasteiger partial charge >= 0.3 is 5.97 Å². The van der Waals surface area contributed by atoms with E-state index in [1.54, 1.807) is 7.11 Å². The lowest BCUT2D eigenvalue weighted by atomic mass is 10.2. The van der Waals surface area contributed by atoms with Gasteiger partial charge in [0, 0.05) is 7.11 Å². The summed E-state index contributed by atoms with van der Waals surface area (Å²) in [6.07, 6.45) is 0.846. The van der Waals surface area contributed by atoms with Gasteiger partial charge in [-0.05, 0) is 13.0 Å². The highest BCUT2D eigenvalue weighted by Crippen LogP contribution is 2.11. The minimum Gasteiger partial charge on any atom is -0.468 e. The van der Waals surface area contributed by atoms with Gasteiger partial charge in [-0.3, -0.25) is 4.79 Å². The summed E-state index contributed by atoms with van der Waals surface area (Å²) in [5, 5.41) is 3.01. The van der Waals surface area contributed by atoms with Gasteiger partial charge in [0.25, 0.3) is 0 Å². The maximum atomic E-state index is 11.0. The van der Waals surface area contributed by atoms with Crippen molar-refractivity contribution in [2.45, 2.75) is 18.6 Å². The molecule has 4 heteroatoms. The number of methoxy groups -OCH3 is 2. The van der Waals surface area contributed by atoms with Crippen LogP contribution in [0.2, 0.25) is 0 Å². The molecule has 1 saturated heterocycles. The number of carbonyl (C=O) groups excluding carboxylic acids is 1. The number of hydrogen-bond acceptors (Lipinski definition) is 4. The van der Waals surface area contributed by atoms with Crippen LogP contribution in [0.3, 0.4) is 0 Å². The molecule has 4 nitrogen and oxygen atoms in total. The predicted molar refractivity (Wildman–Crippen MR) is 39.2 cm³/mol. The maximum Gasteiger partial charge on any atom is 0.325 e. The standard InChI is InChI=1S/C7H13NO3/c1-10-5-3-4-8-6(5)7(9)11-2/h5-6,8H,3-4H2,1-2H3/t5-,6-/m1/s1. The molecular weight excluding hydrogens is 146 g/mol. The molecule has 0 aromatic heterocycles. The minimum absolute atomic E-state index is 0.0255. The second-order valence-electron chi connectivity index (χ2n) is 2.52. The van der Waals surface area contributed by atoms with Crippen molar-refractivity contribution in [3.63, 3.8) is 0 Å². The molecule has 1 aliphatic rings. The van der Waals surface area contributed by atoms with E-state index in [0.29, 0.717) is 0 Å². The zero-order chi connectivity index (χ0) is 8.27. The Balaban J connectivity index is 2.49. The summed E-state index contributed by atoms with van der Waals surface area (Å²) < 4.78 is 9.67. The maximum absolute atomic E-state index is 11.0. The molecule has 0 radical (unpaired) electrons. The van der Waals surface area contributed by atoms with Crippen LogP contribution in [0, 0.1) is 0 Å². The molecular formula is C7H13NO3. The average Bonchev–Trinajstić information content (AvgIpc) is 2.50. The highest BCUT2D eigenvalue weighted by molar-refractivity contribution is 5.76. The number of rotatable bonds is 2. The Bertz CT molecular complexity index is 149. The first-order valence-electron chi connectivity index (χ1n) is 3.63. The van der Waals surface area contributed by atoms with Gasteiger partial charge < -0.3 is 14.8 Å². The normalized spacial score (nSPS) is 30.4. The summed E-state index contributed by atoms with van der Waals surface area (Å²) >= 11 is 0. The highest BCUT2D eigenvalue weighted by atomic mass is 16.5. The first-order valence-corrected chi connectivity index (χ1v) is 3.63. The molecule has 0 saturated carbocycles. The summed E-state index contributed by atoms with van der Waals surface area (Å²) in [6.45, 7) is 0.818. The van der Waals surface area contributed by atoms with Gasteiger partial charge in [-0.25, -0.2) is 0 Å². The van der Waals surface area contributed by atoms with Crippen LogP contribution in [0.4, 0.5) is 0 Å². The van der Waals surface area contributed by atoms with Crippen molar-refractivity contribution in [2.75, 3.05) is 20.8 Å². The summed E-state index contributed by atoms with van der Waals surface area (Å²) in [4.78, 5) is 11.0. The summed E-state index contributed by atoms with van der Waals surface area (Å²) in [6, 6.07) is -0.273. The van der Waals surface area contributed by atoms with Crippen molar-refractivity contribution < 1.29 is 14.3 Å². The van der Waals surface area contributed by atoms with Gasteiger partial charge in [-0.2, -0.15) is 0 Å². The zero-order valence-corrected chi connectivity index (χ0v) is 6.79. The Morgan fingerprint density at radius 2 is 2.27 bits per heavy atom. The fraction of sp³-hybridized carbons (Fsp3) is 0.857. The lowest BCUT2D eigenvalue weighted by Gasteiger charge is -2.14. The van der Waals surface area contributed by atoms with Crippen LogP contribution >= 0.6 is 0 Å². The van der Waals surface area contributed by atoms with Crippen molar-refractivity contribution in [3.05, 3.63) is 0 Å². The molecule has 1 N–H and O–H groups in total. The summed E-state index contributed by atoms with van der Waals surface area (Å²) in [5.41, 5.74) is 0. The lowest BCUT2D eigenvalue weighted by Crippen LogP contribution is -2.40. The van der Waals surface area contributed by atoms with E-state index in [4.69, 9.17) is 4.74 Å². The quantitative estimate of drug-likeness (QED) is 0.554. The van der Waals surface area contributed by atoms with Crippen LogP contribution in [0.25, 0.3) is 0 Å². The van der Waals surface area contributed by atoms with Gasteiger partial charge in [-0.1, -0.05) is 0 Å². The number of carbonyl (C=O) groups is 1. The molecule has 1 fully saturated rings. The monoisotopic (exact) mass is 159 g/mol. The van der Waals surface area contributed by atoms with Crippen molar-refractivity contribution in [1.82, 2.24) is 5.32 Å². The molecule has 1 rings (SSSR count). The number of nitrogens with one attached hydrogen (secondary N) is 1. The Kier molecular flexibility index (Phi) is 2.84. The van der Waals surface area contributed by atoms with Gasteiger partial charge in [0.1, 0.15) is 6.04 Å². The van der Waals surface area contributed by atoms with Gasteiger partial charge in [0.15, 0.2) is 0 Å². The van der Waals surface area contributed by atoms with E-state index in [9.17, 15) is 4.79 Å². The number of hydrogen-bond donors (Lipinski definition) is 1. The van der Waals surface area contributed by atoms with E-state index in [2.05, 4.69) is 10.1 Å². The first kappa shape index (κ1) is 8.49. The van der Waals surface area contributed by atoms with E-state index in [1.807, 2.05) is 0 Å². The molecule has 1 heterocycles. The zero-order valence-electron chi connectivity index (χ0n) is 6.79. The molecule has 1 aliphatic heterocycles. The van der Waals surface area contributed by atoms with Crippen LogP contribution < -0.4 is 5.32 Å². The molecule has 0 amide bonds. The fourth-order valence-electron chi connectivity index (χ4n) is 1.30. The van der Waals surface area contributed by atoms with Gasteiger partial charge in [0.2, 0.25) is 0 Å². The van der Waals surface area contributed by atoms with Crippen molar-refractivity contribution in [2.24, 2.45) is 0 Å². The molecule has 0 unspecified atom stereocenters. The largest absolute Gasteiger partial charge is 0.468 e. The minimum atomic E-state index is -0.273. The summed E-state index contributed by atoms with van der Waals surface area (Å²) in [7, 11) is 2.99. The highest BCUT2D eigenvalue weighted by Gasteiger charge is 2.33. The predicted octanol–water partition coefficient (Wildman–Crippen LogP) is -0.464. The molecule has 11 heavy (non-hydrogen) atoms. The SMILES string of the molecule is COC(=O)[C@@H]1NCC[C@H]1OC. The molecule has 0 aromatic rings. The van der Waals surface area contributed by atoms with Crippen LogP contribution in [-0.4, -0.2) is 38.9 Å². The molecule has 0 aromatic carbocycles. The smallest absolute Gasteiger partial charge is 0.325 e. The van der Waals surface area contributed by atoms with Gasteiger partial charge in [0.05, 0.1) is 13.2 Å². The van der Waals surface area contributed by atoms with Gasteiger partial charge in [-0.15, -0.1) is 0 Å². The molecule has 64 valence electrons. The van der Waals surface area contributed by atoms with E-state index >= 15 is 0 Å². The van der Waals surface area contributed by atoms with Crippen LogP contribution in [-0.2, 0) is 14.3 Å². The molecule has 0 spiro atoms. The summed E-state index contributed by atoms with van der Waals surface area (Å²) in [5.74, 6) is -0.241. The van der Waals surface area contributed by atoms with E-state index in [0.717, 1.165) is 13.0 Å². The second-order valence-corrected chi connectivity index (χ2v) is 2.52. The third-order valence-corrected chi connectivity index (χ3v) is 1.92. The van der Waals surface area contributed by atoms with E-state index < -0.39 is 0 Å². The Labute approximate surface area is 65.9 Å². The second kappa shape index (κ2) is 3.69. The van der Waals surface area contributed by atoms with Crippen LogP contribution in [0.5, 0.6) is 0 Å². The van der Waals surface area contributed by atoms with Crippen molar-refractivity contribution in [3.8, 4) is 0 Å². The lowest BCUT2D eigenvalue weighted by molar-refractivity contribution is -0.145. The first-order chi connectivity index (χ1) is 5.29. The number of esters is 1.